The van der Waals surface area contributed by atoms with Gasteiger partial charge in [-0.1, -0.05) is 0 Å². The van der Waals surface area contributed by atoms with Crippen LogP contribution in [-0.2, 0) is 0 Å². The lowest BCUT2D eigenvalue weighted by Crippen LogP contribution is -1.80. The predicted molar refractivity (Wildman–Crippen MR) is 55.4 cm³/mol. The zero-order valence-corrected chi connectivity index (χ0v) is 10.4. The number of rotatable bonds is 1. The maximum Gasteiger partial charge on any atom is 0.129 e. The fraction of sp³-hybridized carbons (Fsp3) is 0. The first kappa shape index (κ1) is 8.43. The van der Waals surface area contributed by atoms with Crippen molar-refractivity contribution in [2.45, 2.75) is 0 Å². The van der Waals surface area contributed by atoms with E-state index in [0.29, 0.717) is 6.37 Å². The Morgan fingerprint density at radius 3 is 2.56 bits per heavy atom. The number of halogens is 3. The molecule has 0 saturated carbocycles. The summed E-state index contributed by atoms with van der Waals surface area (Å²) in [7, 11) is 0. The molecule has 0 fully saturated rings. The largest absolute Gasteiger partial charge is 0.230 e. The Bertz CT molecular complexity index is 214. The van der Waals surface area contributed by atoms with Gasteiger partial charge in [0.15, 0.2) is 0 Å². The zero-order chi connectivity index (χ0) is 6.85. The lowest BCUT2D eigenvalue weighted by Gasteiger charge is -1.91. The Hall–Kier alpha value is 1.33. The van der Waals surface area contributed by atoms with E-state index in [1.807, 2.05) is 10.5 Å². The molecule has 9 heavy (non-hydrogen) atoms. The van der Waals surface area contributed by atoms with Gasteiger partial charge in [-0.15, -0.1) is 0 Å². The van der Waals surface area contributed by atoms with Gasteiger partial charge in [0.25, 0.3) is 0 Å². The number of aromatic nitrogens is 2. The van der Waals surface area contributed by atoms with Crippen LogP contribution in [0.3, 0.4) is 0 Å². The van der Waals surface area contributed by atoms with Crippen molar-refractivity contribution in [3.63, 3.8) is 0 Å². The summed E-state index contributed by atoms with van der Waals surface area (Å²) < 4.78 is 3.77. The lowest BCUT2D eigenvalue weighted by atomic mass is 10.8. The van der Waals surface area contributed by atoms with E-state index in [2.05, 4.69) is 59.0 Å². The van der Waals surface area contributed by atoms with Crippen LogP contribution < -0.4 is 0 Å². The molecule has 0 amide bonds. The van der Waals surface area contributed by atoms with E-state index in [9.17, 15) is 0 Å². The predicted octanol–water partition coefficient (Wildman–Crippen LogP) is 3.20. The minimum Gasteiger partial charge on any atom is -0.230 e. The van der Waals surface area contributed by atoms with Crippen LogP contribution in [0.2, 0.25) is 0 Å². The molecule has 1 aromatic heterocycles. The maximum atomic E-state index is 4.12. The first-order valence-electron chi connectivity index (χ1n) is 2.02. The van der Waals surface area contributed by atoms with E-state index in [4.69, 9.17) is 0 Å². The Balaban J connectivity index is 3.01. The van der Waals surface area contributed by atoms with Crippen molar-refractivity contribution in [2.24, 2.45) is 0 Å². The van der Waals surface area contributed by atoms with Crippen LogP contribution in [0, 0.1) is 0 Å². The highest BCUT2D eigenvalue weighted by atomic mass is 127. The highest BCUT2D eigenvalue weighted by Gasteiger charge is 1.99. The summed E-state index contributed by atoms with van der Waals surface area (Å²) in [5, 5.41) is 4.12. The van der Waals surface area contributed by atoms with Crippen molar-refractivity contribution >= 4 is 60.3 Å². The molecule has 0 N–H and O–H groups in total. The smallest absolute Gasteiger partial charge is 0.129 e. The van der Waals surface area contributed by atoms with E-state index < -0.39 is 0 Å². The van der Waals surface area contributed by atoms with Crippen LogP contribution in [0.5, 0.6) is 0 Å². The summed E-state index contributed by atoms with van der Waals surface area (Å²) in [4.78, 5) is 0. The van der Waals surface area contributed by atoms with Gasteiger partial charge in [0, 0.05) is 6.07 Å². The van der Waals surface area contributed by atoms with Gasteiger partial charge in [-0.3, -0.25) is 0 Å². The summed E-state index contributed by atoms with van der Waals surface area (Å²) >= 11 is 8.88. The third-order valence-corrected chi connectivity index (χ3v) is 3.87. The monoisotopic (exact) mass is 382 g/mol. The molecule has 0 radical (unpaired) electrons. The average molecular weight is 384 g/mol. The van der Waals surface area contributed by atoms with Crippen LogP contribution in [0.1, 0.15) is 0 Å². The second-order valence-corrected chi connectivity index (χ2v) is 4.95. The average Bonchev–Trinajstić information content (AvgIpc) is 2.10. The number of hydrogen-bond acceptors (Lipinski definition) is 1. The van der Waals surface area contributed by atoms with Crippen molar-refractivity contribution in [3.8, 4) is 0 Å². The zero-order valence-electron chi connectivity index (χ0n) is 4.11. The standard InChI is InChI=1S/C3H2Br2IN2P/c4-2-1-3(5)8(7-2)9-6/h1,9H. The summed E-state index contributed by atoms with van der Waals surface area (Å²) in [6.45, 7) is 0. The molecule has 1 atom stereocenters. The van der Waals surface area contributed by atoms with Gasteiger partial charge in [-0.25, -0.2) is 4.45 Å². The van der Waals surface area contributed by atoms with Crippen molar-refractivity contribution in [3.05, 3.63) is 15.3 Å². The molecular weight excluding hydrogens is 382 g/mol. The van der Waals surface area contributed by atoms with Gasteiger partial charge in [-0.05, 0) is 53.9 Å². The van der Waals surface area contributed by atoms with E-state index in [1.165, 1.54) is 0 Å². The molecule has 1 unspecified atom stereocenters. The molecular formula is C3H2Br2IN2P. The van der Waals surface area contributed by atoms with E-state index >= 15 is 0 Å². The molecule has 0 aliphatic carbocycles. The quantitative estimate of drug-likeness (QED) is 0.538. The van der Waals surface area contributed by atoms with E-state index in [1.54, 1.807) is 0 Å². The van der Waals surface area contributed by atoms with Crippen LogP contribution in [0.15, 0.2) is 15.3 Å². The van der Waals surface area contributed by atoms with Crippen molar-refractivity contribution in [1.29, 1.82) is 0 Å². The Labute approximate surface area is 84.4 Å². The molecule has 1 heterocycles. The van der Waals surface area contributed by atoms with Gasteiger partial charge < -0.3 is 0 Å². The highest BCUT2D eigenvalue weighted by molar-refractivity contribution is 14.2. The van der Waals surface area contributed by atoms with Gasteiger partial charge in [0.05, 0.1) is 6.37 Å². The molecule has 1 rings (SSSR count). The fourth-order valence-corrected chi connectivity index (χ4v) is 4.17. The minimum atomic E-state index is 0.648. The molecule has 1 aromatic rings. The van der Waals surface area contributed by atoms with E-state index in [-0.39, 0.29) is 0 Å². The number of hydrogen-bond donors (Lipinski definition) is 0. The molecule has 6 heteroatoms. The Morgan fingerprint density at radius 1 is 1.67 bits per heavy atom. The third-order valence-electron chi connectivity index (χ3n) is 0.716. The molecule has 0 aromatic carbocycles. The van der Waals surface area contributed by atoms with Crippen molar-refractivity contribution in [1.82, 2.24) is 9.55 Å². The topological polar surface area (TPSA) is 17.8 Å². The molecule has 0 bridgehead atoms. The summed E-state index contributed by atoms with van der Waals surface area (Å²) in [5.41, 5.74) is 0. The first-order valence-corrected chi connectivity index (χ1v) is 7.66. The van der Waals surface area contributed by atoms with Crippen molar-refractivity contribution in [2.75, 3.05) is 0 Å². The molecule has 0 saturated heterocycles. The van der Waals surface area contributed by atoms with Crippen LogP contribution in [0.4, 0.5) is 0 Å². The Kier molecular flexibility index (Phi) is 3.41. The molecule has 0 aliphatic heterocycles. The van der Waals surface area contributed by atoms with Gasteiger partial charge in [-0.2, -0.15) is 5.10 Å². The SMILES string of the molecule is Brc1cc(Br)n(PI)n1. The second-order valence-electron chi connectivity index (χ2n) is 1.29. The van der Waals surface area contributed by atoms with E-state index in [0.717, 1.165) is 9.21 Å². The van der Waals surface area contributed by atoms with Crippen LogP contribution in [-0.4, -0.2) is 9.55 Å². The summed E-state index contributed by atoms with van der Waals surface area (Å²) in [5.74, 6) is 0. The summed E-state index contributed by atoms with van der Waals surface area (Å²) in [6.07, 6.45) is 0.648. The van der Waals surface area contributed by atoms with Gasteiger partial charge in [0.1, 0.15) is 9.21 Å². The maximum absolute atomic E-state index is 4.12. The van der Waals surface area contributed by atoms with Gasteiger partial charge in [0.2, 0.25) is 0 Å². The summed E-state index contributed by atoms with van der Waals surface area (Å²) in [6, 6.07) is 1.92. The lowest BCUT2D eigenvalue weighted by molar-refractivity contribution is 0.976. The molecule has 0 spiro atoms. The second kappa shape index (κ2) is 3.64. The van der Waals surface area contributed by atoms with Crippen LogP contribution >= 0.6 is 60.3 Å². The first-order chi connectivity index (χ1) is 4.24. The molecule has 50 valence electrons. The molecule has 0 aliphatic rings. The van der Waals surface area contributed by atoms with Crippen LogP contribution in [0.25, 0.3) is 0 Å². The van der Waals surface area contributed by atoms with Crippen molar-refractivity contribution < 1.29 is 0 Å². The Morgan fingerprint density at radius 2 is 2.33 bits per heavy atom. The normalized spacial score (nSPS) is 11.4. The van der Waals surface area contributed by atoms with Gasteiger partial charge >= 0.3 is 0 Å². The minimum absolute atomic E-state index is 0.648. The highest BCUT2D eigenvalue weighted by Crippen LogP contribution is 2.29. The molecule has 2 nitrogen and oxygen atoms in total. The number of nitrogens with zero attached hydrogens (tertiary/aromatic N) is 2. The third kappa shape index (κ3) is 2.13. The fourth-order valence-electron chi connectivity index (χ4n) is 0.391.